The number of alkyl halides is 3. The lowest BCUT2D eigenvalue weighted by Gasteiger charge is -2.40. The van der Waals surface area contributed by atoms with E-state index in [-0.39, 0.29) is 35.2 Å². The van der Waals surface area contributed by atoms with E-state index in [0.717, 1.165) is 37.8 Å². The van der Waals surface area contributed by atoms with E-state index >= 15 is 0 Å². The summed E-state index contributed by atoms with van der Waals surface area (Å²) in [5, 5.41) is 2.90. The molecule has 0 radical (unpaired) electrons. The smallest absolute Gasteiger partial charge is 0.336 e. The molecular formula is C25H27F4N3O2. The topological polar surface area (TPSA) is 52.7 Å². The molecule has 34 heavy (non-hydrogen) atoms. The van der Waals surface area contributed by atoms with Gasteiger partial charge in [-0.15, -0.1) is 0 Å². The van der Waals surface area contributed by atoms with E-state index in [1.54, 1.807) is 4.90 Å². The summed E-state index contributed by atoms with van der Waals surface area (Å²) in [4.78, 5) is 29.7. The largest absolute Gasteiger partial charge is 0.416 e. The van der Waals surface area contributed by atoms with Crippen molar-refractivity contribution in [1.82, 2.24) is 9.80 Å². The Kier molecular flexibility index (Phi) is 7.21. The normalized spacial score (nSPS) is 18.6. The number of hydrogen-bond acceptors (Lipinski definition) is 3. The van der Waals surface area contributed by atoms with Crippen LogP contribution in [0.5, 0.6) is 0 Å². The van der Waals surface area contributed by atoms with Gasteiger partial charge in [-0.25, -0.2) is 4.39 Å². The molecule has 2 aliphatic rings. The highest BCUT2D eigenvalue weighted by molar-refractivity contribution is 5.95. The molecule has 1 heterocycles. The van der Waals surface area contributed by atoms with Crippen LogP contribution in [0.25, 0.3) is 0 Å². The van der Waals surface area contributed by atoms with Crippen molar-refractivity contribution in [2.45, 2.75) is 37.9 Å². The summed E-state index contributed by atoms with van der Waals surface area (Å²) in [6.07, 6.45) is -0.413. The van der Waals surface area contributed by atoms with E-state index in [1.807, 2.05) is 0 Å². The van der Waals surface area contributed by atoms with Crippen LogP contribution in [-0.4, -0.2) is 53.8 Å². The Morgan fingerprint density at radius 2 is 1.47 bits per heavy atom. The number of nitrogens with one attached hydrogen (secondary N) is 1. The van der Waals surface area contributed by atoms with Crippen molar-refractivity contribution in [3.63, 3.8) is 0 Å². The maximum Gasteiger partial charge on any atom is 0.416 e. The molecule has 1 aliphatic carbocycles. The standard InChI is InChI=1S/C25H27F4N3O2/c26-20-9-11-21(12-10-20)30-23(33)22(17-3-1-2-4-17)31-13-15-32(16-14-31)24(34)18-5-7-19(8-6-18)25(27,28)29/h5-12,17,22H,1-4,13-16H2,(H,30,33)/t22-/m0/s1. The Balaban J connectivity index is 1.40. The maximum absolute atomic E-state index is 13.2. The van der Waals surface area contributed by atoms with Crippen LogP contribution in [0.3, 0.4) is 0 Å². The molecule has 0 bridgehead atoms. The molecule has 182 valence electrons. The maximum atomic E-state index is 13.2. The Bertz CT molecular complexity index is 994. The molecule has 9 heteroatoms. The van der Waals surface area contributed by atoms with Crippen LogP contribution in [0.15, 0.2) is 48.5 Å². The van der Waals surface area contributed by atoms with Gasteiger partial charge >= 0.3 is 6.18 Å². The first kappa shape index (κ1) is 24.2. The van der Waals surface area contributed by atoms with Crippen molar-refractivity contribution in [1.29, 1.82) is 0 Å². The summed E-state index contributed by atoms with van der Waals surface area (Å²) in [6.45, 7) is 1.74. The van der Waals surface area contributed by atoms with Crippen LogP contribution >= 0.6 is 0 Å². The number of hydrogen-bond donors (Lipinski definition) is 1. The van der Waals surface area contributed by atoms with Gasteiger partial charge < -0.3 is 10.2 Å². The minimum atomic E-state index is -4.45. The molecule has 0 unspecified atom stereocenters. The Morgan fingerprint density at radius 1 is 0.882 bits per heavy atom. The van der Waals surface area contributed by atoms with Gasteiger partial charge in [0.15, 0.2) is 0 Å². The highest BCUT2D eigenvalue weighted by Gasteiger charge is 2.37. The molecule has 1 N–H and O–H groups in total. The molecule has 0 spiro atoms. The third-order valence-corrected chi connectivity index (χ3v) is 6.68. The summed E-state index contributed by atoms with van der Waals surface area (Å²) in [5.41, 5.74) is -0.0474. The quantitative estimate of drug-likeness (QED) is 0.630. The Labute approximate surface area is 195 Å². The third kappa shape index (κ3) is 5.58. The van der Waals surface area contributed by atoms with Crippen LogP contribution in [0, 0.1) is 11.7 Å². The monoisotopic (exact) mass is 477 g/mol. The predicted molar refractivity (Wildman–Crippen MR) is 120 cm³/mol. The van der Waals surface area contributed by atoms with Gasteiger partial charge in [0.2, 0.25) is 5.91 Å². The second-order valence-corrected chi connectivity index (χ2v) is 8.89. The zero-order chi connectivity index (χ0) is 24.3. The van der Waals surface area contributed by atoms with E-state index in [0.29, 0.717) is 31.9 Å². The predicted octanol–water partition coefficient (Wildman–Crippen LogP) is 4.80. The minimum absolute atomic E-state index is 0.138. The van der Waals surface area contributed by atoms with E-state index in [2.05, 4.69) is 10.2 Å². The van der Waals surface area contributed by atoms with Gasteiger partial charge in [0.05, 0.1) is 11.6 Å². The molecule has 4 rings (SSSR count). The number of anilines is 1. The number of halogens is 4. The van der Waals surface area contributed by atoms with E-state index < -0.39 is 11.7 Å². The first-order chi connectivity index (χ1) is 16.2. The number of rotatable bonds is 5. The van der Waals surface area contributed by atoms with Gasteiger partial charge in [0, 0.05) is 37.4 Å². The third-order valence-electron chi connectivity index (χ3n) is 6.68. The van der Waals surface area contributed by atoms with Crippen LogP contribution in [0.2, 0.25) is 0 Å². The number of amides is 2. The van der Waals surface area contributed by atoms with Crippen LogP contribution < -0.4 is 5.32 Å². The highest BCUT2D eigenvalue weighted by atomic mass is 19.4. The van der Waals surface area contributed by atoms with Gasteiger partial charge in [-0.3, -0.25) is 14.5 Å². The van der Waals surface area contributed by atoms with Gasteiger partial charge in [-0.1, -0.05) is 12.8 Å². The fourth-order valence-electron chi connectivity index (χ4n) is 4.89. The van der Waals surface area contributed by atoms with Gasteiger partial charge in [-0.2, -0.15) is 13.2 Å². The Morgan fingerprint density at radius 3 is 2.03 bits per heavy atom. The highest BCUT2D eigenvalue weighted by Crippen LogP contribution is 2.32. The number of carbonyl (C=O) groups excluding carboxylic acids is 2. The first-order valence-electron chi connectivity index (χ1n) is 11.5. The SMILES string of the molecule is O=C(Nc1ccc(F)cc1)[C@H](C1CCCC1)N1CCN(C(=O)c2ccc(C(F)(F)F)cc2)CC1. The second-order valence-electron chi connectivity index (χ2n) is 8.89. The lowest BCUT2D eigenvalue weighted by molar-refractivity contribution is -0.137. The summed E-state index contributed by atoms with van der Waals surface area (Å²) in [6, 6.07) is 9.54. The van der Waals surface area contributed by atoms with Gasteiger partial charge in [0.25, 0.3) is 5.91 Å². The van der Waals surface area contributed by atoms with Crippen LogP contribution in [0.1, 0.15) is 41.6 Å². The first-order valence-corrected chi connectivity index (χ1v) is 11.5. The molecule has 1 atom stereocenters. The van der Waals surface area contributed by atoms with Crippen molar-refractivity contribution in [2.24, 2.45) is 5.92 Å². The number of nitrogens with zero attached hydrogens (tertiary/aromatic N) is 2. The van der Waals surface area contributed by atoms with Crippen molar-refractivity contribution < 1.29 is 27.2 Å². The van der Waals surface area contributed by atoms with Crippen LogP contribution in [0.4, 0.5) is 23.2 Å². The van der Waals surface area contributed by atoms with Gasteiger partial charge in [0.1, 0.15) is 5.82 Å². The summed E-state index contributed by atoms with van der Waals surface area (Å²) in [5.74, 6) is -0.626. The second kappa shape index (κ2) is 10.1. The van der Waals surface area contributed by atoms with Crippen molar-refractivity contribution in [2.75, 3.05) is 31.5 Å². The molecule has 1 saturated carbocycles. The molecule has 1 saturated heterocycles. The molecule has 2 aromatic carbocycles. The van der Waals surface area contributed by atoms with E-state index in [9.17, 15) is 27.2 Å². The minimum Gasteiger partial charge on any atom is -0.336 e. The molecule has 2 amide bonds. The fraction of sp³-hybridized carbons (Fsp3) is 0.440. The fourth-order valence-corrected chi connectivity index (χ4v) is 4.89. The number of benzene rings is 2. The number of piperazine rings is 1. The zero-order valence-electron chi connectivity index (χ0n) is 18.7. The average molecular weight is 478 g/mol. The lowest BCUT2D eigenvalue weighted by Crippen LogP contribution is -2.56. The molecular weight excluding hydrogens is 450 g/mol. The summed E-state index contributed by atoms with van der Waals surface area (Å²) in [7, 11) is 0. The average Bonchev–Trinajstić information content (AvgIpc) is 3.34. The number of carbonyl (C=O) groups is 2. The summed E-state index contributed by atoms with van der Waals surface area (Å²) < 4.78 is 51.6. The van der Waals surface area contributed by atoms with Gasteiger partial charge in [-0.05, 0) is 67.3 Å². The zero-order valence-corrected chi connectivity index (χ0v) is 18.7. The molecule has 1 aliphatic heterocycles. The van der Waals surface area contributed by atoms with Crippen molar-refractivity contribution in [3.8, 4) is 0 Å². The van der Waals surface area contributed by atoms with Crippen LogP contribution in [-0.2, 0) is 11.0 Å². The molecule has 5 nitrogen and oxygen atoms in total. The molecule has 2 aromatic rings. The van der Waals surface area contributed by atoms with E-state index in [1.165, 1.54) is 36.4 Å². The van der Waals surface area contributed by atoms with Crippen molar-refractivity contribution in [3.05, 3.63) is 65.5 Å². The molecule has 2 fully saturated rings. The lowest BCUT2D eigenvalue weighted by atomic mass is 9.94. The molecule has 0 aromatic heterocycles. The van der Waals surface area contributed by atoms with Crippen molar-refractivity contribution >= 4 is 17.5 Å². The Hall–Kier alpha value is -2.94. The van der Waals surface area contributed by atoms with E-state index in [4.69, 9.17) is 0 Å². The summed E-state index contributed by atoms with van der Waals surface area (Å²) >= 11 is 0.